The number of benzene rings is 2. The summed E-state index contributed by atoms with van der Waals surface area (Å²) in [5.74, 6) is 0. The maximum atomic E-state index is 4.87. The van der Waals surface area contributed by atoms with Crippen molar-refractivity contribution in [2.24, 2.45) is 4.99 Å². The summed E-state index contributed by atoms with van der Waals surface area (Å²) >= 11 is 0. The number of fused-ring (bicyclic) bond motifs is 1. The topological polar surface area (TPSA) is 15.6 Å². The van der Waals surface area contributed by atoms with Gasteiger partial charge in [-0.05, 0) is 36.6 Å². The molecule has 2 aromatic rings. The molecule has 4 rings (SSSR count). The van der Waals surface area contributed by atoms with Crippen LogP contribution in [0.1, 0.15) is 24.8 Å². The van der Waals surface area contributed by atoms with Gasteiger partial charge in [-0.2, -0.15) is 0 Å². The molecule has 2 aliphatic rings. The first kappa shape index (κ1) is 13.3. The third-order valence-corrected chi connectivity index (χ3v) is 4.53. The van der Waals surface area contributed by atoms with Gasteiger partial charge in [-0.1, -0.05) is 48.5 Å². The molecule has 110 valence electrons. The van der Waals surface area contributed by atoms with Crippen LogP contribution in [0.3, 0.4) is 0 Å². The first-order valence-electron chi connectivity index (χ1n) is 8.06. The van der Waals surface area contributed by atoms with Gasteiger partial charge in [0.05, 0.1) is 5.69 Å². The number of rotatable bonds is 2. The van der Waals surface area contributed by atoms with Crippen LogP contribution in [0, 0.1) is 0 Å². The van der Waals surface area contributed by atoms with Crippen molar-refractivity contribution < 1.29 is 0 Å². The van der Waals surface area contributed by atoms with Crippen LogP contribution in [-0.4, -0.2) is 23.2 Å². The number of hydrogen-bond donors (Lipinski definition) is 0. The maximum absolute atomic E-state index is 4.87. The van der Waals surface area contributed by atoms with E-state index in [0.717, 1.165) is 12.1 Å². The quantitative estimate of drug-likeness (QED) is 0.784. The standard InChI is InChI=1S/C20H20N2/c1-3-8-16(9-4-1)20-15-18(14-19-12-7-13-22(19)20)21-17-10-5-2-6-11-17/h1-6,8-11,15,19H,7,12-14H2/t19-/m1/s1. The largest absolute Gasteiger partial charge is 0.368 e. The fourth-order valence-corrected chi connectivity index (χ4v) is 3.51. The minimum atomic E-state index is 0.614. The van der Waals surface area contributed by atoms with Gasteiger partial charge < -0.3 is 4.90 Å². The van der Waals surface area contributed by atoms with Gasteiger partial charge in [0.25, 0.3) is 0 Å². The SMILES string of the molecule is C1=C(c2ccccc2)N2CCC[C@@H]2CC1=Nc1ccccc1. The Hall–Kier alpha value is -2.35. The lowest BCUT2D eigenvalue weighted by Gasteiger charge is -2.33. The molecule has 0 aromatic heterocycles. The lowest BCUT2D eigenvalue weighted by Crippen LogP contribution is -2.33. The van der Waals surface area contributed by atoms with Gasteiger partial charge in [0.15, 0.2) is 0 Å². The Kier molecular flexibility index (Phi) is 3.51. The normalized spacial score (nSPS) is 22.5. The number of hydrogen-bond acceptors (Lipinski definition) is 2. The molecule has 2 nitrogen and oxygen atoms in total. The maximum Gasteiger partial charge on any atom is 0.0632 e. The second-order valence-corrected chi connectivity index (χ2v) is 6.03. The van der Waals surface area contributed by atoms with Crippen LogP contribution in [0.5, 0.6) is 0 Å². The Morgan fingerprint density at radius 2 is 1.64 bits per heavy atom. The highest BCUT2D eigenvalue weighted by Crippen LogP contribution is 2.34. The molecule has 1 atom stereocenters. The van der Waals surface area contributed by atoms with E-state index in [1.807, 2.05) is 18.2 Å². The second kappa shape index (κ2) is 5.80. The van der Waals surface area contributed by atoms with Crippen LogP contribution >= 0.6 is 0 Å². The van der Waals surface area contributed by atoms with Gasteiger partial charge in [0, 0.05) is 30.4 Å². The molecule has 2 aliphatic heterocycles. The summed E-state index contributed by atoms with van der Waals surface area (Å²) < 4.78 is 0. The number of nitrogens with zero attached hydrogens (tertiary/aromatic N) is 2. The molecular weight excluding hydrogens is 268 g/mol. The average molecular weight is 288 g/mol. The zero-order chi connectivity index (χ0) is 14.8. The number of aliphatic imine (C=N–C) groups is 1. The Morgan fingerprint density at radius 1 is 0.909 bits per heavy atom. The predicted octanol–water partition coefficient (Wildman–Crippen LogP) is 4.67. The Labute approximate surface area is 131 Å². The van der Waals surface area contributed by atoms with Crippen LogP contribution < -0.4 is 0 Å². The third kappa shape index (κ3) is 2.57. The van der Waals surface area contributed by atoms with Crippen molar-refractivity contribution in [1.82, 2.24) is 4.90 Å². The molecular formula is C20H20N2. The van der Waals surface area contributed by atoms with Crippen LogP contribution in [-0.2, 0) is 0 Å². The smallest absolute Gasteiger partial charge is 0.0632 e. The van der Waals surface area contributed by atoms with Crippen LogP contribution in [0.4, 0.5) is 5.69 Å². The van der Waals surface area contributed by atoms with Crippen LogP contribution in [0.2, 0.25) is 0 Å². The van der Waals surface area contributed by atoms with Crippen LogP contribution in [0.15, 0.2) is 71.7 Å². The van der Waals surface area contributed by atoms with E-state index in [-0.39, 0.29) is 0 Å². The highest BCUT2D eigenvalue weighted by molar-refractivity contribution is 6.03. The molecule has 1 saturated heterocycles. The molecule has 0 aliphatic carbocycles. The van der Waals surface area contributed by atoms with Crippen molar-refractivity contribution >= 4 is 17.1 Å². The average Bonchev–Trinajstić information content (AvgIpc) is 3.04. The van der Waals surface area contributed by atoms with E-state index in [9.17, 15) is 0 Å². The minimum absolute atomic E-state index is 0.614. The van der Waals surface area contributed by atoms with E-state index >= 15 is 0 Å². The van der Waals surface area contributed by atoms with Gasteiger partial charge >= 0.3 is 0 Å². The zero-order valence-corrected chi connectivity index (χ0v) is 12.7. The highest BCUT2D eigenvalue weighted by Gasteiger charge is 2.31. The molecule has 0 unspecified atom stereocenters. The lowest BCUT2D eigenvalue weighted by molar-refractivity contribution is 0.372. The Bertz CT molecular complexity index is 701. The molecule has 2 aromatic carbocycles. The summed E-state index contributed by atoms with van der Waals surface area (Å²) in [7, 11) is 0. The Morgan fingerprint density at radius 3 is 2.41 bits per heavy atom. The van der Waals surface area contributed by atoms with E-state index < -0.39 is 0 Å². The molecule has 0 saturated carbocycles. The second-order valence-electron chi connectivity index (χ2n) is 6.03. The molecule has 0 N–H and O–H groups in total. The molecule has 1 fully saturated rings. The third-order valence-electron chi connectivity index (χ3n) is 4.53. The lowest BCUT2D eigenvalue weighted by atomic mass is 9.98. The molecule has 0 radical (unpaired) electrons. The van der Waals surface area contributed by atoms with Crippen molar-refractivity contribution in [3.05, 3.63) is 72.3 Å². The first-order valence-corrected chi connectivity index (χ1v) is 8.06. The minimum Gasteiger partial charge on any atom is -0.368 e. The van der Waals surface area contributed by atoms with E-state index in [2.05, 4.69) is 53.4 Å². The monoisotopic (exact) mass is 288 g/mol. The molecule has 2 heterocycles. The van der Waals surface area contributed by atoms with E-state index in [1.165, 1.54) is 36.4 Å². The van der Waals surface area contributed by atoms with Crippen molar-refractivity contribution in [2.75, 3.05) is 6.54 Å². The molecule has 0 amide bonds. The fourth-order valence-electron chi connectivity index (χ4n) is 3.51. The predicted molar refractivity (Wildman–Crippen MR) is 92.3 cm³/mol. The molecule has 0 bridgehead atoms. The van der Waals surface area contributed by atoms with E-state index in [1.54, 1.807) is 0 Å². The van der Waals surface area contributed by atoms with Gasteiger partial charge in [-0.25, -0.2) is 0 Å². The summed E-state index contributed by atoms with van der Waals surface area (Å²) in [4.78, 5) is 7.44. The van der Waals surface area contributed by atoms with Gasteiger partial charge in [0.2, 0.25) is 0 Å². The van der Waals surface area contributed by atoms with Crippen LogP contribution in [0.25, 0.3) is 5.70 Å². The zero-order valence-electron chi connectivity index (χ0n) is 12.7. The fraction of sp³-hybridized carbons (Fsp3) is 0.250. The molecule has 2 heteroatoms. The summed E-state index contributed by atoms with van der Waals surface area (Å²) in [5.41, 5.74) is 4.89. The number of para-hydroxylation sites is 1. The van der Waals surface area contributed by atoms with Gasteiger partial charge in [-0.3, -0.25) is 4.99 Å². The highest BCUT2D eigenvalue weighted by atomic mass is 15.2. The summed E-state index contributed by atoms with van der Waals surface area (Å²) in [6, 6.07) is 21.6. The van der Waals surface area contributed by atoms with Gasteiger partial charge in [-0.15, -0.1) is 0 Å². The first-order chi connectivity index (χ1) is 10.9. The van der Waals surface area contributed by atoms with Crippen molar-refractivity contribution in [3.8, 4) is 0 Å². The van der Waals surface area contributed by atoms with Crippen molar-refractivity contribution in [1.29, 1.82) is 0 Å². The Balaban J connectivity index is 1.75. The van der Waals surface area contributed by atoms with Crippen molar-refractivity contribution in [3.63, 3.8) is 0 Å². The molecule has 0 spiro atoms. The summed E-state index contributed by atoms with van der Waals surface area (Å²) in [6.45, 7) is 1.17. The number of allylic oxidation sites excluding steroid dienone is 1. The summed E-state index contributed by atoms with van der Waals surface area (Å²) in [5, 5.41) is 0. The van der Waals surface area contributed by atoms with Crippen molar-refractivity contribution in [2.45, 2.75) is 25.3 Å². The van der Waals surface area contributed by atoms with E-state index in [4.69, 9.17) is 4.99 Å². The van der Waals surface area contributed by atoms with E-state index in [0.29, 0.717) is 6.04 Å². The molecule has 22 heavy (non-hydrogen) atoms. The van der Waals surface area contributed by atoms with Gasteiger partial charge in [0.1, 0.15) is 0 Å². The summed E-state index contributed by atoms with van der Waals surface area (Å²) in [6.07, 6.45) is 5.90.